The first-order valence-corrected chi connectivity index (χ1v) is 6.34. The first kappa shape index (κ1) is 10.8. The van der Waals surface area contributed by atoms with Gasteiger partial charge in [-0.15, -0.1) is 0 Å². The van der Waals surface area contributed by atoms with Crippen molar-refractivity contribution < 1.29 is 9.90 Å². The van der Waals surface area contributed by atoms with Gasteiger partial charge in [0, 0.05) is 12.1 Å². The number of hydrogen-bond acceptors (Lipinski definition) is 2. The summed E-state index contributed by atoms with van der Waals surface area (Å²) in [6, 6.07) is 7.77. The molecule has 1 aromatic carbocycles. The van der Waals surface area contributed by atoms with E-state index in [9.17, 15) is 9.90 Å². The van der Waals surface area contributed by atoms with Crippen molar-refractivity contribution in [3.05, 3.63) is 35.4 Å². The molecule has 1 heterocycles. The molecule has 0 radical (unpaired) electrons. The highest BCUT2D eigenvalue weighted by Gasteiger charge is 2.36. The van der Waals surface area contributed by atoms with E-state index in [4.69, 9.17) is 0 Å². The van der Waals surface area contributed by atoms with E-state index in [1.165, 1.54) is 0 Å². The molecule has 0 saturated heterocycles. The fourth-order valence-electron chi connectivity index (χ4n) is 3.00. The minimum absolute atomic E-state index is 0.0173. The van der Waals surface area contributed by atoms with E-state index in [0.29, 0.717) is 6.54 Å². The second kappa shape index (κ2) is 4.15. The van der Waals surface area contributed by atoms with E-state index in [1.807, 2.05) is 29.2 Å². The van der Waals surface area contributed by atoms with Gasteiger partial charge in [0.1, 0.15) is 0 Å². The Hall–Kier alpha value is -1.35. The van der Waals surface area contributed by atoms with Gasteiger partial charge in [-0.25, -0.2) is 0 Å². The van der Waals surface area contributed by atoms with E-state index >= 15 is 0 Å². The summed E-state index contributed by atoms with van der Waals surface area (Å²) in [5.74, 6) is 0.0894. The van der Waals surface area contributed by atoms with Crippen molar-refractivity contribution in [2.75, 3.05) is 0 Å². The van der Waals surface area contributed by atoms with Crippen molar-refractivity contribution in [1.29, 1.82) is 0 Å². The number of amides is 1. The third kappa shape index (κ3) is 1.75. The second-order valence-corrected chi connectivity index (χ2v) is 5.01. The van der Waals surface area contributed by atoms with Crippen LogP contribution in [0.1, 0.15) is 41.6 Å². The maximum absolute atomic E-state index is 12.3. The van der Waals surface area contributed by atoms with Crippen LogP contribution in [0.2, 0.25) is 0 Å². The first-order valence-electron chi connectivity index (χ1n) is 6.34. The molecule has 1 aromatic rings. The Morgan fingerprint density at radius 2 is 1.94 bits per heavy atom. The van der Waals surface area contributed by atoms with Crippen LogP contribution in [0, 0.1) is 0 Å². The Bertz CT molecular complexity index is 444. The Kier molecular flexibility index (Phi) is 2.63. The molecule has 1 aliphatic carbocycles. The molecule has 1 saturated carbocycles. The SMILES string of the molecule is O=C1c2ccccc2CN1C1CCCCC1O. The lowest BCUT2D eigenvalue weighted by atomic mass is 9.91. The zero-order chi connectivity index (χ0) is 11.8. The summed E-state index contributed by atoms with van der Waals surface area (Å²) < 4.78 is 0. The molecule has 17 heavy (non-hydrogen) atoms. The van der Waals surface area contributed by atoms with Gasteiger partial charge in [-0.1, -0.05) is 31.0 Å². The summed E-state index contributed by atoms with van der Waals surface area (Å²) in [5, 5.41) is 10.0. The lowest BCUT2D eigenvalue weighted by molar-refractivity contribution is 0.0191. The number of carbonyl (C=O) groups excluding carboxylic acids is 1. The van der Waals surface area contributed by atoms with Gasteiger partial charge in [-0.3, -0.25) is 4.79 Å². The molecule has 3 heteroatoms. The van der Waals surface area contributed by atoms with Crippen LogP contribution >= 0.6 is 0 Å². The molecule has 1 N–H and O–H groups in total. The minimum atomic E-state index is -0.345. The largest absolute Gasteiger partial charge is 0.391 e. The molecule has 0 spiro atoms. The normalized spacial score (nSPS) is 28.3. The average molecular weight is 231 g/mol. The minimum Gasteiger partial charge on any atom is -0.391 e. The lowest BCUT2D eigenvalue weighted by Crippen LogP contribution is -2.45. The quantitative estimate of drug-likeness (QED) is 0.802. The predicted molar refractivity (Wildman–Crippen MR) is 64.6 cm³/mol. The molecule has 3 nitrogen and oxygen atoms in total. The van der Waals surface area contributed by atoms with Gasteiger partial charge in [-0.05, 0) is 24.5 Å². The van der Waals surface area contributed by atoms with Crippen molar-refractivity contribution in [2.24, 2.45) is 0 Å². The molecular formula is C14H17NO2. The number of fused-ring (bicyclic) bond motifs is 1. The molecule has 2 unspecified atom stereocenters. The molecule has 1 amide bonds. The van der Waals surface area contributed by atoms with Crippen LogP contribution in [0.25, 0.3) is 0 Å². The molecular weight excluding hydrogens is 214 g/mol. The van der Waals surface area contributed by atoms with Crippen molar-refractivity contribution >= 4 is 5.91 Å². The average Bonchev–Trinajstić information content (AvgIpc) is 2.68. The molecule has 2 aliphatic rings. The Balaban J connectivity index is 1.86. The molecule has 0 bridgehead atoms. The maximum atomic E-state index is 12.3. The summed E-state index contributed by atoms with van der Waals surface area (Å²) in [6.45, 7) is 0.663. The predicted octanol–water partition coefficient (Wildman–Crippen LogP) is 1.95. The van der Waals surface area contributed by atoms with Gasteiger partial charge >= 0.3 is 0 Å². The van der Waals surface area contributed by atoms with Crippen molar-refractivity contribution in [1.82, 2.24) is 4.90 Å². The number of benzene rings is 1. The van der Waals surface area contributed by atoms with Gasteiger partial charge in [0.05, 0.1) is 12.1 Å². The van der Waals surface area contributed by atoms with E-state index in [-0.39, 0.29) is 18.1 Å². The van der Waals surface area contributed by atoms with E-state index in [2.05, 4.69) is 0 Å². The second-order valence-electron chi connectivity index (χ2n) is 5.01. The molecule has 0 aromatic heterocycles. The van der Waals surface area contributed by atoms with Crippen LogP contribution in [-0.2, 0) is 6.54 Å². The summed E-state index contributed by atoms with van der Waals surface area (Å²) >= 11 is 0. The third-order valence-electron chi connectivity index (χ3n) is 3.94. The number of aliphatic hydroxyl groups is 1. The Labute approximate surface area is 101 Å². The number of carbonyl (C=O) groups is 1. The van der Waals surface area contributed by atoms with Crippen LogP contribution in [0.5, 0.6) is 0 Å². The fraction of sp³-hybridized carbons (Fsp3) is 0.500. The van der Waals surface area contributed by atoms with Crippen molar-refractivity contribution in [2.45, 2.75) is 44.4 Å². The molecule has 1 aliphatic heterocycles. The highest BCUT2D eigenvalue weighted by atomic mass is 16.3. The van der Waals surface area contributed by atoms with Crippen LogP contribution in [0.3, 0.4) is 0 Å². The number of rotatable bonds is 1. The summed E-state index contributed by atoms with van der Waals surface area (Å²) in [6.07, 6.45) is 3.60. The van der Waals surface area contributed by atoms with E-state index < -0.39 is 0 Å². The first-order chi connectivity index (χ1) is 8.27. The molecule has 3 rings (SSSR count). The smallest absolute Gasteiger partial charge is 0.254 e. The van der Waals surface area contributed by atoms with Gasteiger partial charge < -0.3 is 10.0 Å². The van der Waals surface area contributed by atoms with Crippen LogP contribution in [-0.4, -0.2) is 28.1 Å². The zero-order valence-electron chi connectivity index (χ0n) is 9.80. The number of hydrogen-bond donors (Lipinski definition) is 1. The lowest BCUT2D eigenvalue weighted by Gasteiger charge is -2.35. The molecule has 1 fully saturated rings. The summed E-state index contributed by atoms with van der Waals surface area (Å²) in [7, 11) is 0. The van der Waals surface area contributed by atoms with E-state index in [0.717, 1.165) is 36.8 Å². The standard InChI is InChI=1S/C14H17NO2/c16-13-8-4-3-7-12(13)15-9-10-5-1-2-6-11(10)14(15)17/h1-2,5-6,12-13,16H,3-4,7-9H2. The highest BCUT2D eigenvalue weighted by Crippen LogP contribution is 2.30. The highest BCUT2D eigenvalue weighted by molar-refractivity contribution is 5.98. The summed E-state index contributed by atoms with van der Waals surface area (Å²) in [4.78, 5) is 14.1. The van der Waals surface area contributed by atoms with Gasteiger partial charge in [0.25, 0.3) is 5.91 Å². The van der Waals surface area contributed by atoms with Crippen LogP contribution in [0.15, 0.2) is 24.3 Å². The van der Waals surface area contributed by atoms with E-state index in [1.54, 1.807) is 0 Å². The number of nitrogens with zero attached hydrogens (tertiary/aromatic N) is 1. The number of aliphatic hydroxyl groups excluding tert-OH is 1. The molecule has 90 valence electrons. The van der Waals surface area contributed by atoms with Crippen LogP contribution < -0.4 is 0 Å². The topological polar surface area (TPSA) is 40.5 Å². The third-order valence-corrected chi connectivity index (χ3v) is 3.94. The van der Waals surface area contributed by atoms with Crippen molar-refractivity contribution in [3.63, 3.8) is 0 Å². The maximum Gasteiger partial charge on any atom is 0.254 e. The molecule has 2 atom stereocenters. The Morgan fingerprint density at radius 3 is 2.71 bits per heavy atom. The van der Waals surface area contributed by atoms with Crippen molar-refractivity contribution in [3.8, 4) is 0 Å². The van der Waals surface area contributed by atoms with Gasteiger partial charge in [0.2, 0.25) is 0 Å². The Morgan fingerprint density at radius 1 is 1.18 bits per heavy atom. The fourth-order valence-corrected chi connectivity index (χ4v) is 3.00. The zero-order valence-corrected chi connectivity index (χ0v) is 9.80. The van der Waals surface area contributed by atoms with Gasteiger partial charge in [-0.2, -0.15) is 0 Å². The van der Waals surface area contributed by atoms with Crippen LogP contribution in [0.4, 0.5) is 0 Å². The summed E-state index contributed by atoms with van der Waals surface area (Å²) in [5.41, 5.74) is 1.90. The van der Waals surface area contributed by atoms with Gasteiger partial charge in [0.15, 0.2) is 0 Å². The monoisotopic (exact) mass is 231 g/mol.